The Morgan fingerprint density at radius 2 is 2.00 bits per heavy atom. The normalized spacial score (nSPS) is 11.1. The van der Waals surface area contributed by atoms with Crippen LogP contribution in [0.3, 0.4) is 0 Å². The highest BCUT2D eigenvalue weighted by Gasteiger charge is 2.27. The molecule has 0 saturated heterocycles. The van der Waals surface area contributed by atoms with Crippen LogP contribution in [0, 0.1) is 3.57 Å². The number of hydrogen-bond acceptors (Lipinski definition) is 9. The Kier molecular flexibility index (Phi) is 6.78. The predicted octanol–water partition coefficient (Wildman–Crippen LogP) is 0.250. The third-order valence-corrected chi connectivity index (χ3v) is 5.11. The molecule has 152 valence electrons. The van der Waals surface area contributed by atoms with Crippen LogP contribution >= 0.6 is 22.6 Å². The molecule has 1 N–H and O–H groups in total. The number of carbonyl (C=O) groups is 2. The van der Waals surface area contributed by atoms with E-state index >= 15 is 0 Å². The van der Waals surface area contributed by atoms with E-state index in [1.807, 2.05) is 22.6 Å². The van der Waals surface area contributed by atoms with Crippen molar-refractivity contribution in [1.29, 1.82) is 0 Å². The minimum absolute atomic E-state index is 0.0341. The highest BCUT2D eigenvalue weighted by atomic mass is 127. The van der Waals surface area contributed by atoms with Crippen molar-refractivity contribution < 1.29 is 31.8 Å². The fraction of sp³-hybridized carbons (Fsp3) is 0.286. The Hall–Kier alpha value is -2.46. The molecule has 1 heterocycles. The van der Waals surface area contributed by atoms with Gasteiger partial charge in [-0.05, 0) is 47.7 Å². The zero-order valence-corrected chi connectivity index (χ0v) is 17.8. The summed E-state index contributed by atoms with van der Waals surface area (Å²) >= 11 is 1.84. The molecule has 12 nitrogen and oxygen atoms in total. The van der Waals surface area contributed by atoms with Gasteiger partial charge in [0.1, 0.15) is 4.90 Å². The molecule has 0 aliphatic carbocycles. The lowest BCUT2D eigenvalue weighted by Gasteiger charge is -2.10. The molecule has 0 bridgehead atoms. The number of hydroxylamine groups is 1. The van der Waals surface area contributed by atoms with E-state index in [0.29, 0.717) is 8.25 Å². The van der Waals surface area contributed by atoms with Crippen molar-refractivity contribution in [2.45, 2.75) is 11.8 Å². The number of hydrogen-bond donors (Lipinski definition) is 1. The standard InChI is InChI=1S/C14H15IN4O8S/c1-4-26-11(20)9-6-5-8(15)7-10(9)28(23,24)27-17-12(21)19-14(22)18(2)13(16-19)25-3/h5-7H,4H2,1-3H3,(H,17,21). The maximum absolute atomic E-state index is 12.5. The van der Waals surface area contributed by atoms with Crippen LogP contribution in [0.1, 0.15) is 17.3 Å². The van der Waals surface area contributed by atoms with Gasteiger partial charge < -0.3 is 9.47 Å². The summed E-state index contributed by atoms with van der Waals surface area (Å²) in [7, 11) is -2.09. The molecule has 1 amide bonds. The Balaban J connectivity index is 2.30. The first kappa shape index (κ1) is 21.8. The number of aromatic nitrogens is 3. The first-order valence-electron chi connectivity index (χ1n) is 7.53. The van der Waals surface area contributed by atoms with Gasteiger partial charge >= 0.3 is 33.8 Å². The second-order valence-electron chi connectivity index (χ2n) is 5.05. The van der Waals surface area contributed by atoms with Gasteiger partial charge in [-0.25, -0.2) is 19.0 Å². The first-order valence-corrected chi connectivity index (χ1v) is 10.0. The van der Waals surface area contributed by atoms with E-state index in [9.17, 15) is 22.8 Å². The van der Waals surface area contributed by atoms with Gasteiger partial charge in [-0.15, -0.1) is 14.1 Å². The molecule has 1 aromatic carbocycles. The van der Waals surface area contributed by atoms with E-state index < -0.39 is 32.7 Å². The number of nitrogens with zero attached hydrogens (tertiary/aromatic N) is 3. The van der Waals surface area contributed by atoms with Crippen molar-refractivity contribution in [3.05, 3.63) is 37.8 Å². The van der Waals surface area contributed by atoms with Crippen LogP contribution in [-0.4, -0.2) is 48.5 Å². The lowest BCUT2D eigenvalue weighted by Crippen LogP contribution is -2.38. The third-order valence-electron chi connectivity index (χ3n) is 3.26. The maximum Gasteiger partial charge on any atom is 0.371 e. The van der Waals surface area contributed by atoms with Gasteiger partial charge in [0, 0.05) is 10.6 Å². The Labute approximate surface area is 172 Å². The quantitative estimate of drug-likeness (QED) is 0.318. The zero-order chi connectivity index (χ0) is 21.1. The average molecular weight is 526 g/mol. The highest BCUT2D eigenvalue weighted by molar-refractivity contribution is 14.1. The number of ether oxygens (including phenoxy) is 2. The summed E-state index contributed by atoms with van der Waals surface area (Å²) in [6, 6.07) is 2.47. The fourth-order valence-corrected chi connectivity index (χ4v) is 3.65. The number of benzene rings is 1. The maximum atomic E-state index is 12.5. The molecule has 0 aliphatic heterocycles. The molecular weight excluding hydrogens is 511 g/mol. The average Bonchev–Trinajstić information content (AvgIpc) is 2.94. The van der Waals surface area contributed by atoms with Gasteiger partial charge in [0.15, 0.2) is 0 Å². The summed E-state index contributed by atoms with van der Waals surface area (Å²) in [6.07, 6.45) is 0. The molecule has 0 unspecified atom stereocenters. The van der Waals surface area contributed by atoms with Crippen LogP contribution in [0.4, 0.5) is 4.79 Å². The van der Waals surface area contributed by atoms with E-state index in [4.69, 9.17) is 9.47 Å². The lowest BCUT2D eigenvalue weighted by molar-refractivity contribution is 0.0521. The van der Waals surface area contributed by atoms with Crippen molar-refractivity contribution >= 4 is 44.7 Å². The Morgan fingerprint density at radius 3 is 2.57 bits per heavy atom. The van der Waals surface area contributed by atoms with Gasteiger partial charge in [-0.1, -0.05) is 0 Å². The Morgan fingerprint density at radius 1 is 1.32 bits per heavy atom. The monoisotopic (exact) mass is 526 g/mol. The molecule has 28 heavy (non-hydrogen) atoms. The number of nitrogens with one attached hydrogen (secondary N) is 1. The van der Waals surface area contributed by atoms with E-state index in [0.717, 1.165) is 4.57 Å². The third kappa shape index (κ3) is 4.50. The number of amides is 1. The minimum atomic E-state index is -4.62. The molecule has 14 heteroatoms. The Bertz CT molecular complexity index is 1080. The fourth-order valence-electron chi connectivity index (χ4n) is 1.99. The van der Waals surface area contributed by atoms with Crippen molar-refractivity contribution in [3.8, 4) is 6.01 Å². The van der Waals surface area contributed by atoms with Crippen LogP contribution in [-0.2, 0) is 26.2 Å². The molecular formula is C14H15IN4O8S. The molecule has 0 atom stereocenters. The SMILES string of the molecule is CCOC(=O)c1ccc(I)cc1S(=O)(=O)ONC(=O)n1nc(OC)n(C)c1=O. The number of carbonyl (C=O) groups excluding carboxylic acids is 2. The summed E-state index contributed by atoms with van der Waals surface area (Å²) in [6.45, 7) is 1.60. The summed E-state index contributed by atoms with van der Waals surface area (Å²) in [4.78, 5) is 35.4. The van der Waals surface area contributed by atoms with Crippen molar-refractivity contribution in [2.75, 3.05) is 13.7 Å². The lowest BCUT2D eigenvalue weighted by atomic mass is 10.2. The van der Waals surface area contributed by atoms with Crippen LogP contribution in [0.5, 0.6) is 6.01 Å². The van der Waals surface area contributed by atoms with Gasteiger partial charge in [-0.2, -0.15) is 13.9 Å². The number of rotatable bonds is 6. The predicted molar refractivity (Wildman–Crippen MR) is 101 cm³/mol. The van der Waals surface area contributed by atoms with Crippen molar-refractivity contribution in [3.63, 3.8) is 0 Å². The molecule has 1 aromatic heterocycles. The number of halogens is 1. The molecule has 2 rings (SSSR count). The van der Waals surface area contributed by atoms with Crippen molar-refractivity contribution in [1.82, 2.24) is 19.8 Å². The second-order valence-corrected chi connectivity index (χ2v) is 7.81. The summed E-state index contributed by atoms with van der Waals surface area (Å²) in [5.74, 6) is -0.877. The highest BCUT2D eigenvalue weighted by Crippen LogP contribution is 2.21. The summed E-state index contributed by atoms with van der Waals surface area (Å²) in [5, 5.41) is 3.57. The molecule has 0 radical (unpaired) electrons. The van der Waals surface area contributed by atoms with Crippen LogP contribution in [0.2, 0.25) is 0 Å². The van der Waals surface area contributed by atoms with Gasteiger partial charge in [0.25, 0.3) is 0 Å². The topological polar surface area (TPSA) is 148 Å². The number of methoxy groups -OCH3 is 1. The molecule has 0 aliphatic rings. The van der Waals surface area contributed by atoms with E-state index in [2.05, 4.69) is 9.38 Å². The van der Waals surface area contributed by atoms with E-state index in [1.165, 1.54) is 32.4 Å². The van der Waals surface area contributed by atoms with Crippen LogP contribution in [0.25, 0.3) is 0 Å². The summed E-state index contributed by atoms with van der Waals surface area (Å²) < 4.78 is 40.8. The van der Waals surface area contributed by atoms with Crippen LogP contribution in [0.15, 0.2) is 27.9 Å². The number of esters is 1. The van der Waals surface area contributed by atoms with E-state index in [1.54, 1.807) is 12.4 Å². The minimum Gasteiger partial charge on any atom is -0.467 e. The second kappa shape index (κ2) is 8.70. The molecule has 0 fully saturated rings. The molecule has 2 aromatic rings. The van der Waals surface area contributed by atoms with Gasteiger partial charge in [0.2, 0.25) is 0 Å². The van der Waals surface area contributed by atoms with E-state index in [-0.39, 0.29) is 18.2 Å². The molecule has 0 saturated carbocycles. The van der Waals surface area contributed by atoms with Crippen LogP contribution < -0.4 is 15.9 Å². The smallest absolute Gasteiger partial charge is 0.371 e. The summed E-state index contributed by atoms with van der Waals surface area (Å²) in [5.41, 5.74) is 0.449. The van der Waals surface area contributed by atoms with Crippen molar-refractivity contribution in [2.24, 2.45) is 7.05 Å². The van der Waals surface area contributed by atoms with Gasteiger partial charge in [0.05, 0.1) is 19.3 Å². The largest absolute Gasteiger partial charge is 0.467 e. The zero-order valence-electron chi connectivity index (χ0n) is 14.8. The van der Waals surface area contributed by atoms with Gasteiger partial charge in [-0.3, -0.25) is 0 Å². The molecule has 0 spiro atoms. The first-order chi connectivity index (χ1) is 13.1.